The highest BCUT2D eigenvalue weighted by molar-refractivity contribution is 5.76. The minimum atomic E-state index is -0.0607. The van der Waals surface area contributed by atoms with E-state index in [1.54, 1.807) is 0 Å². The van der Waals surface area contributed by atoms with Crippen molar-refractivity contribution in [1.29, 1.82) is 0 Å². The highest BCUT2D eigenvalue weighted by atomic mass is 16.6. The van der Waals surface area contributed by atoms with Crippen molar-refractivity contribution in [2.45, 2.75) is 12.8 Å². The number of hydrogen-bond acceptors (Lipinski definition) is 3. The van der Waals surface area contributed by atoms with Gasteiger partial charge in [0.2, 0.25) is 0 Å². The molecule has 0 atom stereocenters. The third kappa shape index (κ3) is 2.86. The molecule has 1 amide bonds. The van der Waals surface area contributed by atoms with Gasteiger partial charge in [0.15, 0.2) is 0 Å². The van der Waals surface area contributed by atoms with Crippen molar-refractivity contribution < 1.29 is 9.63 Å². The van der Waals surface area contributed by atoms with Crippen LogP contribution in [0.25, 0.3) is 0 Å². The van der Waals surface area contributed by atoms with Gasteiger partial charge in [0.25, 0.3) is 5.91 Å². The van der Waals surface area contributed by atoms with Gasteiger partial charge in [-0.05, 0) is 25.9 Å². The molecule has 1 N–H and O–H groups in total. The van der Waals surface area contributed by atoms with Crippen LogP contribution in [0.15, 0.2) is 0 Å². The van der Waals surface area contributed by atoms with Crippen molar-refractivity contribution in [3.05, 3.63) is 0 Å². The summed E-state index contributed by atoms with van der Waals surface area (Å²) in [5.41, 5.74) is 2.29. The molecule has 0 bridgehead atoms. The maximum atomic E-state index is 10.9. The fraction of sp³-hybridized carbons (Fsp3) is 0.857. The monoisotopic (exact) mass is 158 g/mol. The topological polar surface area (TPSA) is 41.6 Å². The van der Waals surface area contributed by atoms with E-state index in [1.807, 2.05) is 0 Å². The van der Waals surface area contributed by atoms with E-state index in [1.165, 1.54) is 20.0 Å². The maximum absolute atomic E-state index is 10.9. The Kier molecular flexibility index (Phi) is 3.32. The minimum absolute atomic E-state index is 0.0607. The lowest BCUT2D eigenvalue weighted by molar-refractivity contribution is -0.132. The SMILES string of the molecule is CONC(=O)CN1CCCC1. The van der Waals surface area contributed by atoms with Gasteiger partial charge in [-0.1, -0.05) is 0 Å². The van der Waals surface area contributed by atoms with Gasteiger partial charge in [-0.2, -0.15) is 0 Å². The number of rotatable bonds is 3. The van der Waals surface area contributed by atoms with Crippen LogP contribution in [0, 0.1) is 0 Å². The number of carbonyl (C=O) groups is 1. The molecule has 1 aliphatic rings. The van der Waals surface area contributed by atoms with E-state index in [9.17, 15) is 4.79 Å². The first-order valence-corrected chi connectivity index (χ1v) is 3.87. The van der Waals surface area contributed by atoms with Gasteiger partial charge in [-0.3, -0.25) is 14.5 Å². The third-order valence-corrected chi connectivity index (χ3v) is 1.78. The third-order valence-electron chi connectivity index (χ3n) is 1.78. The Balaban J connectivity index is 2.13. The van der Waals surface area contributed by atoms with E-state index in [-0.39, 0.29) is 5.91 Å². The summed E-state index contributed by atoms with van der Waals surface area (Å²) in [5, 5.41) is 0. The number of hydrogen-bond donors (Lipinski definition) is 1. The molecule has 0 radical (unpaired) electrons. The zero-order valence-electron chi connectivity index (χ0n) is 6.80. The Morgan fingerprint density at radius 2 is 2.18 bits per heavy atom. The van der Waals surface area contributed by atoms with Crippen LogP contribution in [0.5, 0.6) is 0 Å². The van der Waals surface area contributed by atoms with Crippen molar-refractivity contribution in [3.63, 3.8) is 0 Å². The molecule has 0 unspecified atom stereocenters. The van der Waals surface area contributed by atoms with Crippen molar-refractivity contribution in [3.8, 4) is 0 Å². The molecule has 64 valence electrons. The number of amides is 1. The predicted molar refractivity (Wildman–Crippen MR) is 40.8 cm³/mol. The van der Waals surface area contributed by atoms with Crippen LogP contribution in [0.4, 0.5) is 0 Å². The molecule has 0 spiro atoms. The normalized spacial score (nSPS) is 18.6. The summed E-state index contributed by atoms with van der Waals surface area (Å²) >= 11 is 0. The van der Waals surface area contributed by atoms with E-state index >= 15 is 0 Å². The molecule has 1 rings (SSSR count). The summed E-state index contributed by atoms with van der Waals surface area (Å²) in [7, 11) is 1.45. The molecule has 0 aromatic heterocycles. The molecule has 11 heavy (non-hydrogen) atoms. The van der Waals surface area contributed by atoms with Crippen LogP contribution in [0.2, 0.25) is 0 Å². The fourth-order valence-corrected chi connectivity index (χ4v) is 1.29. The fourth-order valence-electron chi connectivity index (χ4n) is 1.29. The molecule has 1 aliphatic heterocycles. The van der Waals surface area contributed by atoms with Crippen LogP contribution < -0.4 is 5.48 Å². The molecule has 0 aromatic rings. The molecule has 0 saturated carbocycles. The Labute approximate surface area is 66.5 Å². The average molecular weight is 158 g/mol. The molecule has 1 saturated heterocycles. The Hall–Kier alpha value is -0.610. The second kappa shape index (κ2) is 4.31. The van der Waals surface area contributed by atoms with Crippen molar-refractivity contribution in [2.75, 3.05) is 26.7 Å². The van der Waals surface area contributed by atoms with E-state index in [4.69, 9.17) is 0 Å². The lowest BCUT2D eigenvalue weighted by Gasteiger charge is -2.12. The average Bonchev–Trinajstić information content (AvgIpc) is 2.40. The van der Waals surface area contributed by atoms with Gasteiger partial charge in [0.05, 0.1) is 13.7 Å². The number of nitrogens with zero attached hydrogens (tertiary/aromatic N) is 1. The molecule has 4 heteroatoms. The van der Waals surface area contributed by atoms with Crippen molar-refractivity contribution in [2.24, 2.45) is 0 Å². The number of nitrogens with one attached hydrogen (secondary N) is 1. The molecule has 1 heterocycles. The van der Waals surface area contributed by atoms with Crippen LogP contribution in [-0.4, -0.2) is 37.6 Å². The smallest absolute Gasteiger partial charge is 0.257 e. The molecule has 0 aliphatic carbocycles. The van der Waals surface area contributed by atoms with E-state index in [0.717, 1.165) is 13.1 Å². The minimum Gasteiger partial charge on any atom is -0.294 e. The van der Waals surface area contributed by atoms with Gasteiger partial charge in [-0.15, -0.1) is 0 Å². The summed E-state index contributed by atoms with van der Waals surface area (Å²) in [6.45, 7) is 2.54. The van der Waals surface area contributed by atoms with Gasteiger partial charge < -0.3 is 0 Å². The van der Waals surface area contributed by atoms with Crippen molar-refractivity contribution in [1.82, 2.24) is 10.4 Å². The lowest BCUT2D eigenvalue weighted by Crippen LogP contribution is -2.34. The summed E-state index contributed by atoms with van der Waals surface area (Å²) in [4.78, 5) is 17.5. The van der Waals surface area contributed by atoms with E-state index in [0.29, 0.717) is 6.54 Å². The Morgan fingerprint density at radius 1 is 1.55 bits per heavy atom. The van der Waals surface area contributed by atoms with Crippen LogP contribution in [0.1, 0.15) is 12.8 Å². The molecular weight excluding hydrogens is 144 g/mol. The van der Waals surface area contributed by atoms with Crippen LogP contribution in [0.3, 0.4) is 0 Å². The standard InChI is InChI=1S/C7H14N2O2/c1-11-8-7(10)6-9-4-2-3-5-9/h2-6H2,1H3,(H,8,10). The summed E-state index contributed by atoms with van der Waals surface area (Å²) in [6.07, 6.45) is 2.42. The first-order chi connectivity index (χ1) is 5.33. The number of carbonyl (C=O) groups excluding carboxylic acids is 1. The van der Waals surface area contributed by atoms with Gasteiger partial charge in [-0.25, -0.2) is 5.48 Å². The summed E-state index contributed by atoms with van der Waals surface area (Å²) in [5.74, 6) is -0.0607. The van der Waals surface area contributed by atoms with Crippen LogP contribution >= 0.6 is 0 Å². The lowest BCUT2D eigenvalue weighted by atomic mass is 10.4. The molecule has 0 aromatic carbocycles. The molecule has 1 fully saturated rings. The van der Waals surface area contributed by atoms with Crippen molar-refractivity contribution >= 4 is 5.91 Å². The highest BCUT2D eigenvalue weighted by Gasteiger charge is 2.14. The first kappa shape index (κ1) is 8.49. The van der Waals surface area contributed by atoms with Crippen LogP contribution in [-0.2, 0) is 9.63 Å². The zero-order chi connectivity index (χ0) is 8.10. The number of likely N-dealkylation sites (tertiary alicyclic amines) is 1. The maximum Gasteiger partial charge on any atom is 0.257 e. The first-order valence-electron chi connectivity index (χ1n) is 3.87. The van der Waals surface area contributed by atoms with E-state index in [2.05, 4.69) is 15.2 Å². The molecule has 4 nitrogen and oxygen atoms in total. The summed E-state index contributed by atoms with van der Waals surface area (Å²) in [6, 6.07) is 0. The predicted octanol–water partition coefficient (Wildman–Crippen LogP) is -0.240. The molecular formula is C7H14N2O2. The van der Waals surface area contributed by atoms with Gasteiger partial charge in [0, 0.05) is 0 Å². The highest BCUT2D eigenvalue weighted by Crippen LogP contribution is 2.05. The van der Waals surface area contributed by atoms with Gasteiger partial charge >= 0.3 is 0 Å². The van der Waals surface area contributed by atoms with Gasteiger partial charge in [0.1, 0.15) is 0 Å². The Bertz CT molecular complexity index is 132. The zero-order valence-corrected chi connectivity index (χ0v) is 6.80. The largest absolute Gasteiger partial charge is 0.294 e. The summed E-state index contributed by atoms with van der Waals surface area (Å²) < 4.78 is 0. The Morgan fingerprint density at radius 3 is 2.73 bits per heavy atom. The second-order valence-corrected chi connectivity index (χ2v) is 2.71. The van der Waals surface area contributed by atoms with E-state index < -0.39 is 0 Å². The quantitative estimate of drug-likeness (QED) is 0.576. The second-order valence-electron chi connectivity index (χ2n) is 2.71. The number of hydroxylamine groups is 1.